The summed E-state index contributed by atoms with van der Waals surface area (Å²) in [4.78, 5) is 37.3. The second kappa shape index (κ2) is 10.5. The number of amides is 3. The van der Waals surface area contributed by atoms with Gasteiger partial charge in [-0.15, -0.1) is 11.3 Å². The molecule has 0 unspecified atom stereocenters. The zero-order valence-electron chi connectivity index (χ0n) is 17.5. The molecule has 0 saturated heterocycles. The van der Waals surface area contributed by atoms with Crippen LogP contribution >= 0.6 is 34.5 Å². The van der Waals surface area contributed by atoms with Crippen molar-refractivity contribution in [2.45, 2.75) is 0 Å². The summed E-state index contributed by atoms with van der Waals surface area (Å²) in [6.07, 6.45) is 3.13. The Morgan fingerprint density at radius 2 is 1.53 bits per heavy atom. The molecule has 3 N–H and O–H groups in total. The van der Waals surface area contributed by atoms with Crippen molar-refractivity contribution in [3.8, 4) is 0 Å². The van der Waals surface area contributed by atoms with Gasteiger partial charge in [0.05, 0.1) is 5.02 Å². The van der Waals surface area contributed by atoms with Gasteiger partial charge < -0.3 is 5.32 Å². The summed E-state index contributed by atoms with van der Waals surface area (Å²) in [6, 6.07) is 20.9. The largest absolute Gasteiger partial charge is 0.323 e. The standard InChI is InChI=1S/C25H17Cl2N3O3S/c26-17-9-12-19-20(14-17)34-23(22(19)27)25(33)30-29-24(32)16-7-10-18(11-8-16)28-21(31)13-6-15-4-2-1-3-5-15/h1-14H,(H,28,31)(H,29,32)(H,30,33)/b13-6+. The van der Waals surface area contributed by atoms with E-state index in [9.17, 15) is 14.4 Å². The minimum absolute atomic E-state index is 0.265. The molecule has 34 heavy (non-hydrogen) atoms. The molecule has 0 atom stereocenters. The number of anilines is 1. The smallest absolute Gasteiger partial charge is 0.281 e. The van der Waals surface area contributed by atoms with Crippen molar-refractivity contribution in [3.05, 3.63) is 105 Å². The van der Waals surface area contributed by atoms with Crippen molar-refractivity contribution < 1.29 is 14.4 Å². The number of hydrazine groups is 1. The lowest BCUT2D eigenvalue weighted by molar-refractivity contribution is -0.111. The van der Waals surface area contributed by atoms with Gasteiger partial charge in [0.15, 0.2) is 0 Å². The molecular formula is C25H17Cl2N3O3S. The summed E-state index contributed by atoms with van der Waals surface area (Å²) in [5.74, 6) is -1.35. The summed E-state index contributed by atoms with van der Waals surface area (Å²) in [5, 5.41) is 4.27. The molecule has 9 heteroatoms. The Hall–Kier alpha value is -3.65. The maximum atomic E-state index is 12.5. The first-order chi connectivity index (χ1) is 16.4. The molecule has 0 bridgehead atoms. The van der Waals surface area contributed by atoms with E-state index in [1.54, 1.807) is 36.4 Å². The Bertz CT molecular complexity index is 1400. The topological polar surface area (TPSA) is 87.3 Å². The molecular weight excluding hydrogens is 493 g/mol. The third kappa shape index (κ3) is 5.63. The summed E-state index contributed by atoms with van der Waals surface area (Å²) >= 11 is 13.5. The van der Waals surface area contributed by atoms with Gasteiger partial charge in [-0.3, -0.25) is 25.2 Å². The van der Waals surface area contributed by atoms with Gasteiger partial charge in [-0.2, -0.15) is 0 Å². The fraction of sp³-hybridized carbons (Fsp3) is 0. The number of benzene rings is 3. The first kappa shape index (κ1) is 23.5. The molecule has 0 spiro atoms. The van der Waals surface area contributed by atoms with Crippen LogP contribution in [-0.2, 0) is 4.79 Å². The average molecular weight is 510 g/mol. The van der Waals surface area contributed by atoms with Crippen LogP contribution in [0.2, 0.25) is 10.0 Å². The lowest BCUT2D eigenvalue weighted by Crippen LogP contribution is -2.41. The number of fused-ring (bicyclic) bond motifs is 1. The second-order valence-corrected chi connectivity index (χ2v) is 8.97. The molecule has 4 aromatic rings. The quantitative estimate of drug-likeness (QED) is 0.230. The number of nitrogens with one attached hydrogen (secondary N) is 3. The zero-order valence-corrected chi connectivity index (χ0v) is 19.8. The highest BCUT2D eigenvalue weighted by Gasteiger charge is 2.18. The first-order valence-electron chi connectivity index (χ1n) is 10.0. The van der Waals surface area contributed by atoms with Crippen LogP contribution < -0.4 is 16.2 Å². The average Bonchev–Trinajstić information content (AvgIpc) is 3.17. The van der Waals surface area contributed by atoms with Gasteiger partial charge in [-0.05, 0) is 48.0 Å². The molecule has 1 heterocycles. The highest BCUT2D eigenvalue weighted by atomic mass is 35.5. The van der Waals surface area contributed by atoms with Gasteiger partial charge in [0.2, 0.25) is 5.91 Å². The summed E-state index contributed by atoms with van der Waals surface area (Å²) in [7, 11) is 0. The predicted molar refractivity (Wildman–Crippen MR) is 137 cm³/mol. The number of carbonyl (C=O) groups is 3. The van der Waals surface area contributed by atoms with E-state index in [4.69, 9.17) is 23.2 Å². The summed E-state index contributed by atoms with van der Waals surface area (Å²) < 4.78 is 0.769. The van der Waals surface area contributed by atoms with Crippen LogP contribution in [0.5, 0.6) is 0 Å². The van der Waals surface area contributed by atoms with Crippen LogP contribution in [0.15, 0.2) is 78.9 Å². The maximum Gasteiger partial charge on any atom is 0.281 e. The summed E-state index contributed by atoms with van der Waals surface area (Å²) in [6.45, 7) is 0. The van der Waals surface area contributed by atoms with Crippen LogP contribution in [0, 0.1) is 0 Å². The molecule has 4 rings (SSSR count). The molecule has 3 aromatic carbocycles. The lowest BCUT2D eigenvalue weighted by Gasteiger charge is -2.08. The van der Waals surface area contributed by atoms with Gasteiger partial charge >= 0.3 is 0 Å². The van der Waals surface area contributed by atoms with Gasteiger partial charge in [-0.1, -0.05) is 59.6 Å². The Labute approximate surface area is 209 Å². The Kier molecular flexibility index (Phi) is 7.27. The Balaban J connectivity index is 1.33. The van der Waals surface area contributed by atoms with Crippen LogP contribution in [0.3, 0.4) is 0 Å². The number of carbonyl (C=O) groups excluding carboxylic acids is 3. The Morgan fingerprint density at radius 1 is 0.824 bits per heavy atom. The minimum Gasteiger partial charge on any atom is -0.323 e. The Morgan fingerprint density at radius 3 is 2.26 bits per heavy atom. The number of rotatable bonds is 5. The van der Waals surface area contributed by atoms with Crippen molar-refractivity contribution in [3.63, 3.8) is 0 Å². The predicted octanol–water partition coefficient (Wildman–Crippen LogP) is 5.93. The summed E-state index contributed by atoms with van der Waals surface area (Å²) in [5.41, 5.74) is 6.47. The highest BCUT2D eigenvalue weighted by molar-refractivity contribution is 7.21. The van der Waals surface area contributed by atoms with E-state index in [1.807, 2.05) is 30.3 Å². The molecule has 0 saturated carbocycles. The van der Waals surface area contributed by atoms with Crippen LogP contribution in [0.4, 0.5) is 5.69 Å². The molecule has 0 fully saturated rings. The number of hydrogen-bond acceptors (Lipinski definition) is 4. The van der Waals surface area contributed by atoms with E-state index in [2.05, 4.69) is 16.2 Å². The van der Waals surface area contributed by atoms with Crippen LogP contribution in [0.25, 0.3) is 16.2 Å². The molecule has 0 aliphatic heterocycles. The van der Waals surface area contributed by atoms with Crippen molar-refractivity contribution in [1.29, 1.82) is 0 Å². The lowest BCUT2D eigenvalue weighted by atomic mass is 10.2. The number of thiophene rings is 1. The van der Waals surface area contributed by atoms with E-state index in [0.29, 0.717) is 26.7 Å². The number of hydrogen-bond donors (Lipinski definition) is 3. The molecule has 0 aliphatic carbocycles. The number of halogens is 2. The van der Waals surface area contributed by atoms with Crippen LogP contribution in [0.1, 0.15) is 25.6 Å². The van der Waals surface area contributed by atoms with Crippen molar-refractivity contribution in [1.82, 2.24) is 10.9 Å². The first-order valence-corrected chi connectivity index (χ1v) is 11.6. The van der Waals surface area contributed by atoms with E-state index >= 15 is 0 Å². The van der Waals surface area contributed by atoms with Gasteiger partial charge in [-0.25, -0.2) is 0 Å². The molecule has 0 radical (unpaired) electrons. The maximum absolute atomic E-state index is 12.5. The van der Waals surface area contributed by atoms with Crippen LogP contribution in [-0.4, -0.2) is 17.7 Å². The van der Waals surface area contributed by atoms with E-state index in [0.717, 1.165) is 10.3 Å². The SMILES string of the molecule is O=C(/C=C/c1ccccc1)Nc1ccc(C(=O)NNC(=O)c2sc3cc(Cl)ccc3c2Cl)cc1. The van der Waals surface area contributed by atoms with Crippen molar-refractivity contribution >= 4 is 74.1 Å². The third-order valence-electron chi connectivity index (χ3n) is 4.73. The molecule has 1 aromatic heterocycles. The van der Waals surface area contributed by atoms with E-state index < -0.39 is 11.8 Å². The monoisotopic (exact) mass is 509 g/mol. The fourth-order valence-corrected chi connectivity index (χ4v) is 4.74. The van der Waals surface area contributed by atoms with Gasteiger partial charge in [0.1, 0.15) is 4.88 Å². The van der Waals surface area contributed by atoms with Gasteiger partial charge in [0, 0.05) is 32.4 Å². The van der Waals surface area contributed by atoms with Crippen molar-refractivity contribution in [2.75, 3.05) is 5.32 Å². The van der Waals surface area contributed by atoms with Crippen molar-refractivity contribution in [2.24, 2.45) is 0 Å². The van der Waals surface area contributed by atoms with E-state index in [1.165, 1.54) is 29.5 Å². The second-order valence-electron chi connectivity index (χ2n) is 7.10. The third-order valence-corrected chi connectivity index (χ3v) is 6.62. The zero-order chi connectivity index (χ0) is 24.1. The fourth-order valence-electron chi connectivity index (χ4n) is 3.05. The molecule has 6 nitrogen and oxygen atoms in total. The molecule has 170 valence electrons. The highest BCUT2D eigenvalue weighted by Crippen LogP contribution is 2.36. The minimum atomic E-state index is -0.537. The molecule has 0 aliphatic rings. The molecule has 3 amide bonds. The van der Waals surface area contributed by atoms with E-state index in [-0.39, 0.29) is 10.8 Å². The van der Waals surface area contributed by atoms with Gasteiger partial charge in [0.25, 0.3) is 11.8 Å². The normalized spacial score (nSPS) is 10.9.